The minimum atomic E-state index is -2.94. The highest BCUT2D eigenvalue weighted by molar-refractivity contribution is 14.0. The molecule has 0 saturated carbocycles. The third kappa shape index (κ3) is 9.82. The molecule has 1 aromatic rings. The fourth-order valence-corrected chi connectivity index (χ4v) is 2.26. The maximum absolute atomic E-state index is 11.0. The van der Waals surface area contributed by atoms with Gasteiger partial charge in [0, 0.05) is 18.5 Å². The Labute approximate surface area is 149 Å². The molecule has 0 aliphatic carbocycles. The van der Waals surface area contributed by atoms with Gasteiger partial charge in [-0.1, -0.05) is 0 Å². The maximum Gasteiger partial charge on any atom is 0.193 e. The van der Waals surface area contributed by atoms with Crippen LogP contribution in [-0.2, 0) is 9.84 Å². The fraction of sp³-hybridized carbons (Fsp3) is 0.500. The van der Waals surface area contributed by atoms with E-state index >= 15 is 0 Å². The highest BCUT2D eigenvalue weighted by Crippen LogP contribution is 2.16. The number of benzene rings is 1. The van der Waals surface area contributed by atoms with Gasteiger partial charge < -0.3 is 15.8 Å². The minimum absolute atomic E-state index is 0. The highest BCUT2D eigenvalue weighted by Gasteiger charge is 2.01. The number of nitrogens with two attached hydrogens (primary N) is 1. The molecule has 8 heteroatoms. The molecule has 0 fully saturated rings. The number of rotatable bonds is 7. The van der Waals surface area contributed by atoms with Gasteiger partial charge in [0.15, 0.2) is 5.96 Å². The van der Waals surface area contributed by atoms with Crippen LogP contribution in [-0.4, -0.2) is 39.0 Å². The summed E-state index contributed by atoms with van der Waals surface area (Å²) in [5.74, 6) is 1.17. The maximum atomic E-state index is 11.0. The van der Waals surface area contributed by atoms with Gasteiger partial charge in [0.2, 0.25) is 0 Å². The molecule has 0 heterocycles. The van der Waals surface area contributed by atoms with Crippen LogP contribution in [0.2, 0.25) is 0 Å². The molecule has 0 aromatic heterocycles. The highest BCUT2D eigenvalue weighted by atomic mass is 127. The first-order valence-corrected chi connectivity index (χ1v) is 8.84. The smallest absolute Gasteiger partial charge is 0.193 e. The van der Waals surface area contributed by atoms with Crippen LogP contribution in [0.15, 0.2) is 29.3 Å². The molecular formula is C14H24IN3O3S. The molecule has 0 saturated heterocycles. The molecule has 0 unspecified atom stereocenters. The first-order chi connectivity index (χ1) is 9.76. The molecule has 1 aromatic carbocycles. The summed E-state index contributed by atoms with van der Waals surface area (Å²) in [6, 6.07) is 7.38. The van der Waals surface area contributed by atoms with Gasteiger partial charge in [-0.3, -0.25) is 4.99 Å². The molecule has 0 radical (unpaired) electrons. The van der Waals surface area contributed by atoms with Crippen LogP contribution in [0.3, 0.4) is 0 Å². The van der Waals surface area contributed by atoms with E-state index in [4.69, 9.17) is 10.5 Å². The number of hydrogen-bond donors (Lipinski definition) is 2. The minimum Gasteiger partial charge on any atom is -0.491 e. The van der Waals surface area contributed by atoms with Gasteiger partial charge in [-0.15, -0.1) is 24.0 Å². The zero-order chi connectivity index (χ0) is 15.9. The number of halogens is 1. The van der Waals surface area contributed by atoms with Crippen LogP contribution >= 0.6 is 24.0 Å². The molecule has 3 N–H and O–H groups in total. The summed E-state index contributed by atoms with van der Waals surface area (Å²) in [5.41, 5.74) is 6.53. The topological polar surface area (TPSA) is 93.8 Å². The van der Waals surface area contributed by atoms with Crippen molar-refractivity contribution < 1.29 is 13.2 Å². The number of hydrogen-bond acceptors (Lipinski definition) is 4. The average molecular weight is 441 g/mol. The standard InChI is InChI=1S/C14H23N3O3S.HI/c1-11(2)20-13-7-5-12(6-8-13)17-14(15)16-9-4-10-21(3,18)19;/h5-8,11H,4,9-10H2,1-3H3,(H3,15,16,17);1H. The Bertz CT molecular complexity index is 572. The lowest BCUT2D eigenvalue weighted by molar-refractivity contribution is 0.242. The van der Waals surface area contributed by atoms with E-state index in [1.165, 1.54) is 6.26 Å². The quantitative estimate of drug-likeness (QED) is 0.293. The van der Waals surface area contributed by atoms with Crippen molar-refractivity contribution in [2.45, 2.75) is 26.4 Å². The van der Waals surface area contributed by atoms with Crippen molar-refractivity contribution in [2.75, 3.05) is 23.9 Å². The number of ether oxygens (including phenoxy) is 1. The Morgan fingerprint density at radius 3 is 2.41 bits per heavy atom. The summed E-state index contributed by atoms with van der Waals surface area (Å²) in [5, 5.41) is 2.94. The Kier molecular flexibility index (Phi) is 9.42. The van der Waals surface area contributed by atoms with Gasteiger partial charge in [0.1, 0.15) is 15.6 Å². The third-order valence-corrected chi connectivity index (χ3v) is 3.48. The number of anilines is 1. The molecular weight excluding hydrogens is 417 g/mol. The summed E-state index contributed by atoms with van der Waals surface area (Å²) < 4.78 is 27.5. The number of nitrogens with zero attached hydrogens (tertiary/aromatic N) is 1. The van der Waals surface area contributed by atoms with Crippen LogP contribution in [0.25, 0.3) is 0 Å². The first kappa shape index (κ1) is 21.0. The normalized spacial score (nSPS) is 11.9. The number of nitrogens with one attached hydrogen (secondary N) is 1. The Morgan fingerprint density at radius 2 is 1.91 bits per heavy atom. The second-order valence-corrected chi connectivity index (χ2v) is 7.33. The van der Waals surface area contributed by atoms with Crippen LogP contribution < -0.4 is 15.8 Å². The Morgan fingerprint density at radius 1 is 1.32 bits per heavy atom. The van der Waals surface area contributed by atoms with Gasteiger partial charge in [0.05, 0.1) is 11.9 Å². The van der Waals surface area contributed by atoms with Gasteiger partial charge in [0.25, 0.3) is 0 Å². The largest absolute Gasteiger partial charge is 0.491 e. The molecule has 126 valence electrons. The predicted molar refractivity (Wildman–Crippen MR) is 102 cm³/mol. The van der Waals surface area contributed by atoms with E-state index in [0.717, 1.165) is 11.4 Å². The molecule has 0 amide bonds. The summed E-state index contributed by atoms with van der Waals surface area (Å²) in [6.07, 6.45) is 1.80. The van der Waals surface area contributed by atoms with E-state index in [1.807, 2.05) is 38.1 Å². The van der Waals surface area contributed by atoms with Crippen LogP contribution in [0.5, 0.6) is 5.75 Å². The lowest BCUT2D eigenvalue weighted by Gasteiger charge is -2.10. The number of sulfone groups is 1. The molecule has 0 aliphatic rings. The van der Waals surface area contributed by atoms with Crippen LogP contribution in [0.4, 0.5) is 5.69 Å². The summed E-state index contributed by atoms with van der Waals surface area (Å²) in [6.45, 7) is 4.31. The number of aliphatic imine (C=N–C) groups is 1. The number of guanidine groups is 1. The molecule has 0 bridgehead atoms. The van der Waals surface area contributed by atoms with Crippen LogP contribution in [0.1, 0.15) is 20.3 Å². The van der Waals surface area contributed by atoms with E-state index in [1.54, 1.807) is 0 Å². The van der Waals surface area contributed by atoms with Crippen molar-refractivity contribution in [1.82, 2.24) is 0 Å². The van der Waals surface area contributed by atoms with Crippen molar-refractivity contribution in [3.8, 4) is 5.75 Å². The van der Waals surface area contributed by atoms with E-state index in [-0.39, 0.29) is 41.8 Å². The molecule has 22 heavy (non-hydrogen) atoms. The second-order valence-electron chi connectivity index (χ2n) is 5.07. The summed E-state index contributed by atoms with van der Waals surface area (Å²) >= 11 is 0. The van der Waals surface area contributed by atoms with E-state index < -0.39 is 9.84 Å². The van der Waals surface area contributed by atoms with Crippen LogP contribution in [0, 0.1) is 0 Å². The van der Waals surface area contributed by atoms with Gasteiger partial charge >= 0.3 is 0 Å². The summed E-state index contributed by atoms with van der Waals surface area (Å²) in [7, 11) is -2.94. The Hall–Kier alpha value is -1.03. The molecule has 1 rings (SSSR count). The SMILES string of the molecule is CC(C)Oc1ccc(NC(N)=NCCCS(C)(=O)=O)cc1.I. The van der Waals surface area contributed by atoms with Crippen molar-refractivity contribution in [1.29, 1.82) is 0 Å². The fourth-order valence-electron chi connectivity index (χ4n) is 1.60. The zero-order valence-corrected chi connectivity index (χ0v) is 16.2. The lowest BCUT2D eigenvalue weighted by Crippen LogP contribution is -2.23. The van der Waals surface area contributed by atoms with Crippen molar-refractivity contribution in [2.24, 2.45) is 10.7 Å². The average Bonchev–Trinajstić information content (AvgIpc) is 2.35. The molecule has 0 atom stereocenters. The van der Waals surface area contributed by atoms with Crippen molar-refractivity contribution in [3.05, 3.63) is 24.3 Å². The summed E-state index contributed by atoms with van der Waals surface area (Å²) in [4.78, 5) is 4.08. The van der Waals surface area contributed by atoms with Crippen molar-refractivity contribution in [3.63, 3.8) is 0 Å². The molecule has 6 nitrogen and oxygen atoms in total. The second kappa shape index (κ2) is 9.88. The first-order valence-electron chi connectivity index (χ1n) is 6.77. The monoisotopic (exact) mass is 441 g/mol. The lowest BCUT2D eigenvalue weighted by atomic mass is 10.3. The van der Waals surface area contributed by atoms with E-state index in [9.17, 15) is 8.42 Å². The zero-order valence-electron chi connectivity index (χ0n) is 13.1. The van der Waals surface area contributed by atoms with Gasteiger partial charge in [-0.05, 0) is 44.5 Å². The Balaban J connectivity index is 0.00000441. The van der Waals surface area contributed by atoms with E-state index in [0.29, 0.717) is 13.0 Å². The molecule has 0 aliphatic heterocycles. The predicted octanol–water partition coefficient (Wildman–Crippen LogP) is 2.25. The van der Waals surface area contributed by atoms with Gasteiger partial charge in [-0.25, -0.2) is 8.42 Å². The third-order valence-electron chi connectivity index (χ3n) is 2.45. The van der Waals surface area contributed by atoms with Gasteiger partial charge in [-0.2, -0.15) is 0 Å². The molecule has 0 spiro atoms. The van der Waals surface area contributed by atoms with E-state index in [2.05, 4.69) is 10.3 Å². The van der Waals surface area contributed by atoms with Crippen molar-refractivity contribution >= 4 is 45.5 Å².